The van der Waals surface area contributed by atoms with E-state index in [1.54, 1.807) is 6.07 Å². The van der Waals surface area contributed by atoms with Gasteiger partial charge in [-0.05, 0) is 40.5 Å². The highest BCUT2D eigenvalue weighted by molar-refractivity contribution is 9.10. The second-order valence-electron chi connectivity index (χ2n) is 3.16. The average molecular weight is 283 g/mol. The van der Waals surface area contributed by atoms with Crippen LogP contribution in [0.4, 0.5) is 0 Å². The fourth-order valence-corrected chi connectivity index (χ4v) is 1.66. The molecule has 0 atom stereocenters. The molecule has 0 heterocycles. The Labute approximate surface area is 102 Å². The molecular formula is C11H11BrN2O2. The van der Waals surface area contributed by atoms with Crippen molar-refractivity contribution in [2.24, 2.45) is 0 Å². The number of rotatable bonds is 4. The van der Waals surface area contributed by atoms with Crippen molar-refractivity contribution in [3.05, 3.63) is 28.2 Å². The summed E-state index contributed by atoms with van der Waals surface area (Å²) >= 11 is 3.34. The first-order chi connectivity index (χ1) is 7.63. The highest BCUT2D eigenvalue weighted by atomic mass is 79.9. The van der Waals surface area contributed by atoms with Crippen molar-refractivity contribution in [3.8, 4) is 11.8 Å². The molecule has 84 valence electrons. The van der Waals surface area contributed by atoms with E-state index in [-0.39, 0.29) is 19.1 Å². The van der Waals surface area contributed by atoms with Crippen LogP contribution in [0.5, 0.6) is 5.75 Å². The Morgan fingerprint density at radius 1 is 1.62 bits per heavy atom. The number of nitrogens with zero attached hydrogens (tertiary/aromatic N) is 1. The summed E-state index contributed by atoms with van der Waals surface area (Å²) in [4.78, 5) is 11.2. The van der Waals surface area contributed by atoms with E-state index in [0.717, 1.165) is 10.0 Å². The molecule has 0 radical (unpaired) electrons. The van der Waals surface area contributed by atoms with Crippen molar-refractivity contribution in [1.29, 1.82) is 5.26 Å². The molecule has 0 aromatic heterocycles. The molecule has 5 heteroatoms. The second-order valence-corrected chi connectivity index (χ2v) is 4.01. The van der Waals surface area contributed by atoms with Gasteiger partial charge in [-0.1, -0.05) is 6.07 Å². The Kier molecular flexibility index (Phi) is 4.80. The van der Waals surface area contributed by atoms with Gasteiger partial charge < -0.3 is 10.1 Å². The van der Waals surface area contributed by atoms with Crippen LogP contribution in [-0.2, 0) is 4.79 Å². The fraction of sp³-hybridized carbons (Fsp3) is 0.273. The highest BCUT2D eigenvalue weighted by Gasteiger charge is 2.04. The molecule has 4 nitrogen and oxygen atoms in total. The Morgan fingerprint density at radius 3 is 3.00 bits per heavy atom. The molecule has 0 bridgehead atoms. The third-order valence-electron chi connectivity index (χ3n) is 1.81. The molecule has 1 aromatic carbocycles. The molecular weight excluding hydrogens is 272 g/mol. The van der Waals surface area contributed by atoms with Gasteiger partial charge in [-0.3, -0.25) is 4.79 Å². The van der Waals surface area contributed by atoms with Crippen LogP contribution in [0, 0.1) is 18.3 Å². The van der Waals surface area contributed by atoms with Crippen LogP contribution in [0.2, 0.25) is 0 Å². The lowest BCUT2D eigenvalue weighted by Gasteiger charge is -2.07. The van der Waals surface area contributed by atoms with E-state index in [2.05, 4.69) is 21.2 Å². The smallest absolute Gasteiger partial charge is 0.258 e. The summed E-state index contributed by atoms with van der Waals surface area (Å²) in [6.45, 7) is 1.87. The average Bonchev–Trinajstić information content (AvgIpc) is 2.25. The lowest BCUT2D eigenvalue weighted by molar-refractivity contribution is -0.122. The van der Waals surface area contributed by atoms with Gasteiger partial charge in [0.05, 0.1) is 10.5 Å². The third-order valence-corrected chi connectivity index (χ3v) is 2.43. The molecule has 0 aliphatic rings. The standard InChI is InChI=1S/C11H11BrN2O2/c1-8-2-3-10(9(12)6-8)16-7-11(15)14-5-4-13/h2-3,6H,5,7H2,1H3,(H,14,15). The van der Waals surface area contributed by atoms with Crippen LogP contribution in [-0.4, -0.2) is 19.1 Å². The number of carbonyl (C=O) groups excluding carboxylic acids is 1. The summed E-state index contributed by atoms with van der Waals surface area (Å²) in [5, 5.41) is 10.7. The van der Waals surface area contributed by atoms with Crippen molar-refractivity contribution in [2.45, 2.75) is 6.92 Å². The molecule has 1 rings (SSSR count). The molecule has 0 saturated carbocycles. The van der Waals surface area contributed by atoms with Gasteiger partial charge in [0.25, 0.3) is 5.91 Å². The minimum Gasteiger partial charge on any atom is -0.483 e. The normalized spacial score (nSPS) is 9.31. The number of nitriles is 1. The summed E-state index contributed by atoms with van der Waals surface area (Å²) in [5.41, 5.74) is 1.10. The van der Waals surface area contributed by atoms with Crippen molar-refractivity contribution in [2.75, 3.05) is 13.2 Å². The number of nitrogens with one attached hydrogen (secondary N) is 1. The molecule has 1 N–H and O–H groups in total. The molecule has 0 aliphatic carbocycles. The summed E-state index contributed by atoms with van der Waals surface area (Å²) < 4.78 is 6.09. The van der Waals surface area contributed by atoms with Crippen molar-refractivity contribution in [3.63, 3.8) is 0 Å². The third kappa shape index (κ3) is 3.91. The number of ether oxygens (including phenoxy) is 1. The largest absolute Gasteiger partial charge is 0.483 e. The van der Waals surface area contributed by atoms with Gasteiger partial charge in [-0.15, -0.1) is 0 Å². The van der Waals surface area contributed by atoms with Gasteiger partial charge in [0, 0.05) is 0 Å². The molecule has 0 saturated heterocycles. The number of hydrogen-bond acceptors (Lipinski definition) is 3. The maximum atomic E-state index is 11.2. The number of benzene rings is 1. The summed E-state index contributed by atoms with van der Waals surface area (Å²) in [5.74, 6) is 0.298. The molecule has 1 amide bonds. The van der Waals surface area contributed by atoms with E-state index >= 15 is 0 Å². The Bertz CT molecular complexity index is 426. The SMILES string of the molecule is Cc1ccc(OCC(=O)NCC#N)c(Br)c1. The fourth-order valence-electron chi connectivity index (χ4n) is 1.06. The summed E-state index contributed by atoms with van der Waals surface area (Å²) in [6.07, 6.45) is 0. The van der Waals surface area contributed by atoms with E-state index < -0.39 is 0 Å². The quantitative estimate of drug-likeness (QED) is 0.857. The zero-order chi connectivity index (χ0) is 12.0. The lowest BCUT2D eigenvalue weighted by Crippen LogP contribution is -2.29. The molecule has 0 spiro atoms. The Balaban J connectivity index is 2.49. The van der Waals surface area contributed by atoms with Crippen LogP contribution < -0.4 is 10.1 Å². The summed E-state index contributed by atoms with van der Waals surface area (Å²) in [7, 11) is 0. The van der Waals surface area contributed by atoms with Crippen molar-refractivity contribution >= 4 is 21.8 Å². The molecule has 0 aliphatic heterocycles. The number of halogens is 1. The first-order valence-electron chi connectivity index (χ1n) is 4.66. The molecule has 0 fully saturated rings. The maximum Gasteiger partial charge on any atom is 0.258 e. The first-order valence-corrected chi connectivity index (χ1v) is 5.45. The van der Waals surface area contributed by atoms with Gasteiger partial charge in [0.2, 0.25) is 0 Å². The van der Waals surface area contributed by atoms with Gasteiger partial charge in [-0.25, -0.2) is 0 Å². The minimum absolute atomic E-state index is 0.00272. The molecule has 0 unspecified atom stereocenters. The monoisotopic (exact) mass is 282 g/mol. The minimum atomic E-state index is -0.311. The number of carbonyl (C=O) groups is 1. The van der Waals surface area contributed by atoms with Gasteiger partial charge in [-0.2, -0.15) is 5.26 Å². The zero-order valence-electron chi connectivity index (χ0n) is 8.79. The van der Waals surface area contributed by atoms with Crippen molar-refractivity contribution < 1.29 is 9.53 Å². The van der Waals surface area contributed by atoms with Crippen LogP contribution in [0.3, 0.4) is 0 Å². The predicted molar refractivity (Wildman–Crippen MR) is 63.0 cm³/mol. The van der Waals surface area contributed by atoms with Gasteiger partial charge >= 0.3 is 0 Å². The van der Waals surface area contributed by atoms with Gasteiger partial charge in [0.15, 0.2) is 6.61 Å². The second kappa shape index (κ2) is 6.13. The molecule has 1 aromatic rings. The maximum absolute atomic E-state index is 11.2. The van der Waals surface area contributed by atoms with E-state index in [1.165, 1.54) is 0 Å². The van der Waals surface area contributed by atoms with E-state index in [0.29, 0.717) is 5.75 Å². The van der Waals surface area contributed by atoms with Gasteiger partial charge in [0.1, 0.15) is 12.3 Å². The molecule has 16 heavy (non-hydrogen) atoms. The van der Waals surface area contributed by atoms with Crippen molar-refractivity contribution in [1.82, 2.24) is 5.32 Å². The van der Waals surface area contributed by atoms with Crippen LogP contribution in [0.1, 0.15) is 5.56 Å². The summed E-state index contributed by atoms with van der Waals surface area (Å²) in [6, 6.07) is 7.41. The van der Waals surface area contributed by atoms with E-state index in [4.69, 9.17) is 10.00 Å². The number of aryl methyl sites for hydroxylation is 1. The zero-order valence-corrected chi connectivity index (χ0v) is 10.4. The number of hydrogen-bond donors (Lipinski definition) is 1. The Morgan fingerprint density at radius 2 is 2.38 bits per heavy atom. The van der Waals surface area contributed by atoms with Crippen LogP contribution in [0.15, 0.2) is 22.7 Å². The van der Waals surface area contributed by atoms with E-state index in [9.17, 15) is 4.79 Å². The highest BCUT2D eigenvalue weighted by Crippen LogP contribution is 2.25. The first kappa shape index (κ1) is 12.5. The van der Waals surface area contributed by atoms with Crippen LogP contribution >= 0.6 is 15.9 Å². The Hall–Kier alpha value is -1.54. The number of amides is 1. The predicted octanol–water partition coefficient (Wildman–Crippen LogP) is 1.78. The topological polar surface area (TPSA) is 62.1 Å². The van der Waals surface area contributed by atoms with Crippen LogP contribution in [0.25, 0.3) is 0 Å². The van der Waals surface area contributed by atoms with E-state index in [1.807, 2.05) is 25.1 Å². The lowest BCUT2D eigenvalue weighted by atomic mass is 10.2.